The van der Waals surface area contributed by atoms with Crippen LogP contribution in [0.15, 0.2) is 66.4 Å². The van der Waals surface area contributed by atoms with Crippen LogP contribution in [-0.2, 0) is 6.61 Å². The summed E-state index contributed by atoms with van der Waals surface area (Å²) in [6.45, 7) is 2.15. The highest BCUT2D eigenvalue weighted by molar-refractivity contribution is 6.15. The summed E-state index contributed by atoms with van der Waals surface area (Å²) in [5.41, 5.74) is 2.59. The van der Waals surface area contributed by atoms with Gasteiger partial charge in [0.2, 0.25) is 5.78 Å². The minimum atomic E-state index is -0.482. The Labute approximate surface area is 178 Å². The summed E-state index contributed by atoms with van der Waals surface area (Å²) in [7, 11) is 1.61. The fraction of sp³-hybridized carbons (Fsp3) is 0.125. The number of methoxy groups -OCH3 is 1. The monoisotopic (exact) mass is 417 g/mol. The molecule has 0 unspecified atom stereocenters. The summed E-state index contributed by atoms with van der Waals surface area (Å²) in [5, 5.41) is 11.0. The van der Waals surface area contributed by atoms with E-state index in [9.17, 15) is 14.9 Å². The number of benzene rings is 3. The lowest BCUT2D eigenvalue weighted by Crippen LogP contribution is -2.00. The molecule has 0 radical (unpaired) electrons. The zero-order chi connectivity index (χ0) is 22.0. The van der Waals surface area contributed by atoms with Gasteiger partial charge in [-0.05, 0) is 47.9 Å². The van der Waals surface area contributed by atoms with Gasteiger partial charge in [-0.3, -0.25) is 14.9 Å². The Morgan fingerprint density at radius 3 is 2.65 bits per heavy atom. The number of hydrogen-bond donors (Lipinski definition) is 0. The molecule has 0 N–H and O–H groups in total. The van der Waals surface area contributed by atoms with Crippen LogP contribution in [0.25, 0.3) is 6.08 Å². The van der Waals surface area contributed by atoms with Crippen molar-refractivity contribution in [2.75, 3.05) is 7.11 Å². The molecule has 0 fully saturated rings. The molecule has 0 saturated carbocycles. The molecule has 0 saturated heterocycles. The van der Waals surface area contributed by atoms with E-state index in [1.54, 1.807) is 31.4 Å². The molecule has 0 atom stereocenters. The van der Waals surface area contributed by atoms with Gasteiger partial charge in [-0.1, -0.05) is 24.3 Å². The zero-order valence-electron chi connectivity index (χ0n) is 17.0. The van der Waals surface area contributed by atoms with Crippen LogP contribution < -0.4 is 14.2 Å². The first-order valence-electron chi connectivity index (χ1n) is 9.53. The molecule has 1 aliphatic rings. The number of aryl methyl sites for hydroxylation is 1. The van der Waals surface area contributed by atoms with Crippen molar-refractivity contribution in [1.29, 1.82) is 0 Å². The molecule has 1 aliphatic heterocycles. The number of nitro groups is 1. The van der Waals surface area contributed by atoms with Crippen molar-refractivity contribution in [2.45, 2.75) is 13.5 Å². The minimum absolute atomic E-state index is 0.0540. The fourth-order valence-electron chi connectivity index (χ4n) is 3.37. The van der Waals surface area contributed by atoms with E-state index >= 15 is 0 Å². The Kier molecular flexibility index (Phi) is 5.41. The maximum atomic E-state index is 12.8. The summed E-state index contributed by atoms with van der Waals surface area (Å²) in [6.07, 6.45) is 1.51. The van der Waals surface area contributed by atoms with Gasteiger partial charge in [0, 0.05) is 18.2 Å². The molecule has 0 aliphatic carbocycles. The van der Waals surface area contributed by atoms with Crippen molar-refractivity contribution in [3.8, 4) is 17.2 Å². The van der Waals surface area contributed by atoms with Crippen LogP contribution in [0.2, 0.25) is 0 Å². The van der Waals surface area contributed by atoms with Gasteiger partial charge in [-0.2, -0.15) is 0 Å². The van der Waals surface area contributed by atoms with Crippen LogP contribution in [0, 0.1) is 17.0 Å². The Morgan fingerprint density at radius 2 is 1.87 bits per heavy atom. The predicted octanol–water partition coefficient (Wildman–Crippen LogP) is 5.11. The van der Waals surface area contributed by atoms with Gasteiger partial charge in [0.25, 0.3) is 5.69 Å². The van der Waals surface area contributed by atoms with Crippen molar-refractivity contribution >= 4 is 17.5 Å². The summed E-state index contributed by atoms with van der Waals surface area (Å²) in [4.78, 5) is 23.3. The molecule has 7 nitrogen and oxygen atoms in total. The second kappa shape index (κ2) is 8.31. The first-order valence-corrected chi connectivity index (χ1v) is 9.53. The van der Waals surface area contributed by atoms with Crippen LogP contribution in [0.1, 0.15) is 27.0 Å². The number of allylic oxidation sites excluding steroid dienone is 1. The van der Waals surface area contributed by atoms with Gasteiger partial charge in [-0.25, -0.2) is 0 Å². The lowest BCUT2D eigenvalue weighted by atomic mass is 10.0. The average molecular weight is 417 g/mol. The SMILES string of the molecule is COc1cccc(COc2cc(C)c3c(c2)O/C(=C\c2cccc([N+](=O)[O-])c2)C3=O)c1. The van der Waals surface area contributed by atoms with Crippen molar-refractivity contribution < 1.29 is 23.9 Å². The number of fused-ring (bicyclic) bond motifs is 1. The normalized spacial score (nSPS) is 13.6. The van der Waals surface area contributed by atoms with Gasteiger partial charge >= 0.3 is 0 Å². The highest BCUT2D eigenvalue weighted by Gasteiger charge is 2.30. The number of hydrogen-bond acceptors (Lipinski definition) is 6. The van der Waals surface area contributed by atoms with Crippen molar-refractivity contribution in [3.05, 3.63) is 98.8 Å². The maximum Gasteiger partial charge on any atom is 0.270 e. The second-order valence-electron chi connectivity index (χ2n) is 7.05. The summed E-state index contributed by atoms with van der Waals surface area (Å²) < 4.78 is 16.9. The topological polar surface area (TPSA) is 87.9 Å². The van der Waals surface area contributed by atoms with Gasteiger partial charge in [0.1, 0.15) is 23.9 Å². The van der Waals surface area contributed by atoms with Crippen LogP contribution in [0.3, 0.4) is 0 Å². The molecule has 3 aromatic carbocycles. The predicted molar refractivity (Wildman–Crippen MR) is 115 cm³/mol. The van der Waals surface area contributed by atoms with E-state index in [1.165, 1.54) is 18.2 Å². The third kappa shape index (κ3) is 4.25. The van der Waals surface area contributed by atoms with Crippen molar-refractivity contribution in [3.63, 3.8) is 0 Å². The van der Waals surface area contributed by atoms with E-state index in [1.807, 2.05) is 31.2 Å². The number of ether oxygens (including phenoxy) is 3. The molecule has 4 rings (SSSR count). The summed E-state index contributed by atoms with van der Waals surface area (Å²) in [5.74, 6) is 1.57. The molecular formula is C24H19NO6. The third-order valence-corrected chi connectivity index (χ3v) is 4.86. The molecular weight excluding hydrogens is 398 g/mol. The maximum absolute atomic E-state index is 12.8. The smallest absolute Gasteiger partial charge is 0.270 e. The van der Waals surface area contributed by atoms with E-state index in [-0.39, 0.29) is 17.2 Å². The number of rotatable bonds is 6. The molecule has 0 amide bonds. The molecule has 0 bridgehead atoms. The Morgan fingerprint density at radius 1 is 1.06 bits per heavy atom. The summed E-state index contributed by atoms with van der Waals surface area (Å²) >= 11 is 0. The molecule has 7 heteroatoms. The first-order chi connectivity index (χ1) is 14.9. The van der Waals surface area contributed by atoms with E-state index in [2.05, 4.69) is 0 Å². The number of carbonyl (C=O) groups is 1. The van der Waals surface area contributed by atoms with Crippen LogP contribution in [0.4, 0.5) is 5.69 Å². The highest BCUT2D eigenvalue weighted by atomic mass is 16.6. The van der Waals surface area contributed by atoms with Gasteiger partial charge in [-0.15, -0.1) is 0 Å². The number of nitrogens with zero attached hydrogens (tertiary/aromatic N) is 1. The average Bonchev–Trinajstić information content (AvgIpc) is 3.08. The summed E-state index contributed by atoms with van der Waals surface area (Å²) in [6, 6.07) is 17.1. The highest BCUT2D eigenvalue weighted by Crippen LogP contribution is 2.38. The molecule has 31 heavy (non-hydrogen) atoms. The lowest BCUT2D eigenvalue weighted by molar-refractivity contribution is -0.384. The standard InChI is InChI=1S/C24H19NO6/c1-15-9-20(30-14-17-6-4-8-19(11-17)29-2)13-21-23(15)24(26)22(31-21)12-16-5-3-7-18(10-16)25(27)28/h3-13H,14H2,1-2H3/b22-12-. The zero-order valence-corrected chi connectivity index (χ0v) is 17.0. The molecule has 0 spiro atoms. The van der Waals surface area contributed by atoms with Crippen LogP contribution in [0.5, 0.6) is 17.2 Å². The lowest BCUT2D eigenvalue weighted by Gasteiger charge is -2.10. The third-order valence-electron chi connectivity index (χ3n) is 4.86. The Hall–Kier alpha value is -4.13. The van der Waals surface area contributed by atoms with E-state index in [0.717, 1.165) is 16.9 Å². The second-order valence-corrected chi connectivity index (χ2v) is 7.05. The number of non-ortho nitro benzene ring substituents is 1. The number of Topliss-reactive ketones (excluding diaryl/α,β-unsaturated/α-hetero) is 1. The van der Waals surface area contributed by atoms with Gasteiger partial charge in [0.15, 0.2) is 5.76 Å². The number of carbonyl (C=O) groups excluding carboxylic acids is 1. The minimum Gasteiger partial charge on any atom is -0.497 e. The fourth-order valence-corrected chi connectivity index (χ4v) is 3.37. The molecule has 0 aromatic heterocycles. The number of ketones is 1. The quantitative estimate of drug-likeness (QED) is 0.315. The van der Waals surface area contributed by atoms with Crippen molar-refractivity contribution in [2.24, 2.45) is 0 Å². The number of nitro benzene ring substituents is 1. The van der Waals surface area contributed by atoms with Gasteiger partial charge in [0.05, 0.1) is 17.6 Å². The largest absolute Gasteiger partial charge is 0.497 e. The van der Waals surface area contributed by atoms with E-state index in [4.69, 9.17) is 14.2 Å². The van der Waals surface area contributed by atoms with E-state index < -0.39 is 4.92 Å². The van der Waals surface area contributed by atoms with Crippen molar-refractivity contribution in [1.82, 2.24) is 0 Å². The van der Waals surface area contributed by atoms with Crippen LogP contribution in [-0.4, -0.2) is 17.8 Å². The first kappa shape index (κ1) is 20.2. The van der Waals surface area contributed by atoms with Crippen LogP contribution >= 0.6 is 0 Å². The Balaban J connectivity index is 1.56. The molecule has 3 aromatic rings. The Bertz CT molecular complexity index is 1210. The molecule has 156 valence electrons. The van der Waals surface area contributed by atoms with E-state index in [0.29, 0.717) is 29.2 Å². The van der Waals surface area contributed by atoms with Gasteiger partial charge < -0.3 is 14.2 Å². The molecule has 1 heterocycles.